The molecule has 0 spiro atoms. The Bertz CT molecular complexity index is 478. The zero-order valence-corrected chi connectivity index (χ0v) is 8.45. The van der Waals surface area contributed by atoms with Crippen molar-refractivity contribution in [2.45, 2.75) is 0 Å². The molecule has 0 aliphatic heterocycles. The molecule has 1 heterocycles. The molecule has 0 bridgehead atoms. The van der Waals surface area contributed by atoms with Crippen LogP contribution in [-0.2, 0) is 0 Å². The number of benzene rings is 1. The topological polar surface area (TPSA) is 28.7 Å². The largest absolute Gasteiger partial charge is 0.346 e. The maximum atomic E-state index is 5.05. The van der Waals surface area contributed by atoms with E-state index in [-0.39, 0.29) is 0 Å². The summed E-state index contributed by atoms with van der Waals surface area (Å²) in [4.78, 5) is 7.01. The summed E-state index contributed by atoms with van der Waals surface area (Å²) in [5.74, 6) is 0. The first-order chi connectivity index (χ1) is 5.77. The van der Waals surface area contributed by atoms with Crippen molar-refractivity contribution < 1.29 is 0 Å². The number of H-pyrrole nitrogens is 1. The predicted octanol–water partition coefficient (Wildman–Crippen LogP) is 3.05. The monoisotopic (exact) mass is 240 g/mol. The van der Waals surface area contributed by atoms with Gasteiger partial charge in [-0.2, -0.15) is 0 Å². The van der Waals surface area contributed by atoms with Gasteiger partial charge < -0.3 is 4.98 Å². The van der Waals surface area contributed by atoms with Crippen molar-refractivity contribution in [3.63, 3.8) is 0 Å². The molecule has 1 aromatic carbocycles. The Morgan fingerprint density at radius 3 is 3.08 bits per heavy atom. The molecule has 0 aliphatic carbocycles. The van der Waals surface area contributed by atoms with Gasteiger partial charge in [-0.15, -0.1) is 0 Å². The van der Waals surface area contributed by atoms with Gasteiger partial charge in [0.15, 0.2) is 0 Å². The van der Waals surface area contributed by atoms with Crippen LogP contribution in [0.4, 0.5) is 0 Å². The number of hydrogen-bond acceptors (Lipinski definition) is 2. The highest BCUT2D eigenvalue weighted by Crippen LogP contribution is 2.17. The van der Waals surface area contributed by atoms with Gasteiger partial charge in [-0.05, 0) is 18.2 Å². The predicted molar refractivity (Wildman–Crippen MR) is 54.6 cm³/mol. The summed E-state index contributed by atoms with van der Waals surface area (Å²) < 4.78 is 1.67. The molecular formula is C8H5BrN2S. The third-order valence-electron chi connectivity index (χ3n) is 1.61. The van der Waals surface area contributed by atoms with Crippen LogP contribution in [0.15, 0.2) is 29.0 Å². The fourth-order valence-electron chi connectivity index (χ4n) is 1.05. The van der Waals surface area contributed by atoms with Crippen LogP contribution in [0, 0.1) is 4.64 Å². The second kappa shape index (κ2) is 2.95. The van der Waals surface area contributed by atoms with Gasteiger partial charge in [-0.25, -0.2) is 4.98 Å². The lowest BCUT2D eigenvalue weighted by atomic mass is 10.2. The molecule has 1 aromatic heterocycles. The molecule has 0 unspecified atom stereocenters. The minimum atomic E-state index is 0.635. The van der Waals surface area contributed by atoms with E-state index in [9.17, 15) is 0 Å². The molecule has 0 amide bonds. The van der Waals surface area contributed by atoms with Crippen LogP contribution in [0.2, 0.25) is 0 Å². The zero-order chi connectivity index (χ0) is 8.55. The highest BCUT2D eigenvalue weighted by molar-refractivity contribution is 9.10. The van der Waals surface area contributed by atoms with Gasteiger partial charge in [0.2, 0.25) is 0 Å². The second-order valence-corrected chi connectivity index (χ2v) is 3.70. The van der Waals surface area contributed by atoms with Crippen LogP contribution in [0.5, 0.6) is 0 Å². The quantitative estimate of drug-likeness (QED) is 0.718. The maximum Gasteiger partial charge on any atom is 0.137 e. The number of hydrogen-bond donors (Lipinski definition) is 1. The highest BCUT2D eigenvalue weighted by atomic mass is 79.9. The third kappa shape index (κ3) is 1.28. The van der Waals surface area contributed by atoms with Crippen LogP contribution < -0.4 is 0 Å². The Labute approximate surface area is 82.8 Å². The average molecular weight is 241 g/mol. The van der Waals surface area contributed by atoms with E-state index in [1.807, 2.05) is 18.2 Å². The molecule has 0 saturated heterocycles. The van der Waals surface area contributed by atoms with Crippen LogP contribution >= 0.6 is 28.1 Å². The van der Waals surface area contributed by atoms with E-state index in [1.54, 1.807) is 6.33 Å². The Balaban J connectivity index is 2.96. The normalized spacial score (nSPS) is 10.4. The van der Waals surface area contributed by atoms with E-state index in [1.165, 1.54) is 0 Å². The van der Waals surface area contributed by atoms with E-state index < -0.39 is 0 Å². The third-order valence-corrected chi connectivity index (χ3v) is 2.43. The Hall–Kier alpha value is -0.740. The van der Waals surface area contributed by atoms with Gasteiger partial charge in [0, 0.05) is 9.86 Å². The number of rotatable bonds is 0. The Kier molecular flexibility index (Phi) is 1.94. The first kappa shape index (κ1) is 7.89. The average Bonchev–Trinajstić information content (AvgIpc) is 2.04. The van der Waals surface area contributed by atoms with Gasteiger partial charge >= 0.3 is 0 Å². The molecule has 4 heteroatoms. The standard InChI is InChI=1S/C8H5BrN2S/c9-5-1-2-6-7(3-5)10-4-11-8(6)12/h1-4H,(H,10,11,12). The van der Waals surface area contributed by atoms with Crippen molar-refractivity contribution in [1.82, 2.24) is 9.97 Å². The molecule has 2 nitrogen and oxygen atoms in total. The number of aromatic amines is 1. The van der Waals surface area contributed by atoms with E-state index in [0.29, 0.717) is 4.64 Å². The number of nitrogens with one attached hydrogen (secondary N) is 1. The van der Waals surface area contributed by atoms with E-state index in [2.05, 4.69) is 25.9 Å². The molecule has 2 aromatic rings. The summed E-state index contributed by atoms with van der Waals surface area (Å²) in [7, 11) is 0. The Morgan fingerprint density at radius 1 is 1.42 bits per heavy atom. The fourth-order valence-corrected chi connectivity index (χ4v) is 1.64. The summed E-state index contributed by atoms with van der Waals surface area (Å²) in [6.07, 6.45) is 1.61. The van der Waals surface area contributed by atoms with Gasteiger partial charge in [0.25, 0.3) is 0 Å². The fraction of sp³-hybridized carbons (Fsp3) is 0. The molecule has 2 rings (SSSR count). The van der Waals surface area contributed by atoms with Gasteiger partial charge in [-0.3, -0.25) is 0 Å². The van der Waals surface area contributed by atoms with Crippen molar-refractivity contribution in [2.75, 3.05) is 0 Å². The number of halogens is 1. The molecule has 0 fully saturated rings. The summed E-state index contributed by atoms with van der Waals surface area (Å²) in [5.41, 5.74) is 1.00. The van der Waals surface area contributed by atoms with Crippen LogP contribution in [0.3, 0.4) is 0 Å². The minimum absolute atomic E-state index is 0.635. The summed E-state index contributed by atoms with van der Waals surface area (Å²) in [6, 6.07) is 5.88. The van der Waals surface area contributed by atoms with Crippen LogP contribution in [0.1, 0.15) is 0 Å². The molecular weight excluding hydrogens is 236 g/mol. The van der Waals surface area contributed by atoms with Crippen molar-refractivity contribution in [3.05, 3.63) is 33.6 Å². The molecule has 0 saturated carbocycles. The number of aromatic nitrogens is 2. The summed E-state index contributed by atoms with van der Waals surface area (Å²) in [6.45, 7) is 0. The zero-order valence-electron chi connectivity index (χ0n) is 6.04. The highest BCUT2D eigenvalue weighted by Gasteiger charge is 1.95. The van der Waals surface area contributed by atoms with Gasteiger partial charge in [0.1, 0.15) is 4.64 Å². The SMILES string of the molecule is S=c1nc[nH]c2cc(Br)ccc12. The lowest BCUT2D eigenvalue weighted by Crippen LogP contribution is -1.82. The van der Waals surface area contributed by atoms with E-state index >= 15 is 0 Å². The summed E-state index contributed by atoms with van der Waals surface area (Å²) >= 11 is 8.43. The van der Waals surface area contributed by atoms with Crippen molar-refractivity contribution in [3.8, 4) is 0 Å². The molecule has 1 N–H and O–H groups in total. The lowest BCUT2D eigenvalue weighted by molar-refractivity contribution is 1.20. The van der Waals surface area contributed by atoms with Crippen LogP contribution in [0.25, 0.3) is 10.9 Å². The van der Waals surface area contributed by atoms with Crippen LogP contribution in [-0.4, -0.2) is 9.97 Å². The second-order valence-electron chi connectivity index (χ2n) is 2.40. The van der Waals surface area contributed by atoms with E-state index in [4.69, 9.17) is 12.2 Å². The molecule has 12 heavy (non-hydrogen) atoms. The van der Waals surface area contributed by atoms with Crippen molar-refractivity contribution in [2.24, 2.45) is 0 Å². The molecule has 0 radical (unpaired) electrons. The van der Waals surface area contributed by atoms with Gasteiger partial charge in [0.05, 0.1) is 11.8 Å². The first-order valence-electron chi connectivity index (χ1n) is 3.40. The van der Waals surface area contributed by atoms with Crippen molar-refractivity contribution in [1.29, 1.82) is 0 Å². The molecule has 0 atom stereocenters. The molecule has 0 aliphatic rings. The Morgan fingerprint density at radius 2 is 2.25 bits per heavy atom. The summed E-state index contributed by atoms with van der Waals surface area (Å²) in [5, 5.41) is 0.982. The van der Waals surface area contributed by atoms with E-state index in [0.717, 1.165) is 15.4 Å². The minimum Gasteiger partial charge on any atom is -0.346 e. The van der Waals surface area contributed by atoms with Gasteiger partial charge in [-0.1, -0.05) is 28.1 Å². The van der Waals surface area contributed by atoms with Crippen molar-refractivity contribution >= 4 is 39.1 Å². The molecule has 60 valence electrons. The maximum absolute atomic E-state index is 5.05. The number of nitrogens with zero attached hydrogens (tertiary/aromatic N) is 1. The lowest BCUT2D eigenvalue weighted by Gasteiger charge is -1.96. The number of fused-ring (bicyclic) bond motifs is 1. The first-order valence-corrected chi connectivity index (χ1v) is 4.60. The smallest absolute Gasteiger partial charge is 0.137 e.